The Balaban J connectivity index is 2.19. The first kappa shape index (κ1) is 8.40. The number of aromatic nitrogens is 1. The Hall–Kier alpha value is -1.20. The number of thiophene rings is 1. The molecule has 2 aromatic heterocycles. The molecule has 0 atom stereocenters. The van der Waals surface area contributed by atoms with Crippen molar-refractivity contribution in [2.45, 2.75) is 0 Å². The SMILES string of the molecule is O=c1oc(/C=C/c2ccsc2)ns1. The summed E-state index contributed by atoms with van der Waals surface area (Å²) in [7, 11) is 0. The minimum Gasteiger partial charge on any atom is -0.395 e. The molecule has 0 saturated carbocycles. The normalized spacial score (nSPS) is 11.1. The van der Waals surface area contributed by atoms with E-state index >= 15 is 0 Å². The molecule has 0 radical (unpaired) electrons. The van der Waals surface area contributed by atoms with Gasteiger partial charge in [0.2, 0.25) is 5.89 Å². The summed E-state index contributed by atoms with van der Waals surface area (Å²) in [5, 5.41) is 3.98. The zero-order valence-corrected chi connectivity index (χ0v) is 8.10. The van der Waals surface area contributed by atoms with Gasteiger partial charge in [-0.2, -0.15) is 11.3 Å². The van der Waals surface area contributed by atoms with Crippen molar-refractivity contribution in [1.29, 1.82) is 0 Å². The van der Waals surface area contributed by atoms with Gasteiger partial charge in [-0.05, 0) is 28.5 Å². The van der Waals surface area contributed by atoms with Crippen molar-refractivity contribution >= 4 is 35.0 Å². The van der Waals surface area contributed by atoms with Gasteiger partial charge >= 0.3 is 4.94 Å². The number of hydrogen-bond acceptors (Lipinski definition) is 5. The standard InChI is InChI=1S/C8H5NO2S2/c10-8-11-7(9-13-8)2-1-6-3-4-12-5-6/h1-5H/b2-1+. The molecule has 5 heteroatoms. The summed E-state index contributed by atoms with van der Waals surface area (Å²) in [6.07, 6.45) is 3.54. The lowest BCUT2D eigenvalue weighted by molar-refractivity contribution is 0.516. The van der Waals surface area contributed by atoms with E-state index < -0.39 is 0 Å². The van der Waals surface area contributed by atoms with Crippen LogP contribution in [0, 0.1) is 0 Å². The highest BCUT2D eigenvalue weighted by molar-refractivity contribution is 7.08. The molecule has 2 heterocycles. The van der Waals surface area contributed by atoms with E-state index in [2.05, 4.69) is 4.37 Å². The minimum absolute atomic E-state index is 0.362. The summed E-state index contributed by atoms with van der Waals surface area (Å²) in [5.74, 6) is 0.362. The Kier molecular flexibility index (Phi) is 2.37. The summed E-state index contributed by atoms with van der Waals surface area (Å²) in [5.41, 5.74) is 1.08. The smallest absolute Gasteiger partial charge is 0.395 e. The van der Waals surface area contributed by atoms with Gasteiger partial charge in [0, 0.05) is 6.08 Å². The first-order valence-electron chi connectivity index (χ1n) is 3.52. The summed E-state index contributed by atoms with van der Waals surface area (Å²) >= 11 is 2.44. The maximum atomic E-state index is 10.6. The highest BCUT2D eigenvalue weighted by Gasteiger charge is 1.95. The molecule has 66 valence electrons. The number of hydrogen-bond donors (Lipinski definition) is 0. The fourth-order valence-corrected chi connectivity index (χ4v) is 1.82. The lowest BCUT2D eigenvalue weighted by atomic mass is 10.3. The fourth-order valence-electron chi connectivity index (χ4n) is 0.807. The molecular weight excluding hydrogens is 206 g/mol. The van der Waals surface area contributed by atoms with Crippen molar-refractivity contribution in [1.82, 2.24) is 4.37 Å². The third-order valence-electron chi connectivity index (χ3n) is 1.36. The van der Waals surface area contributed by atoms with Gasteiger partial charge in [-0.15, -0.1) is 4.37 Å². The van der Waals surface area contributed by atoms with Crippen LogP contribution in [0.1, 0.15) is 11.5 Å². The van der Waals surface area contributed by atoms with E-state index in [0.29, 0.717) is 5.89 Å². The number of rotatable bonds is 2. The van der Waals surface area contributed by atoms with Crippen LogP contribution in [0.2, 0.25) is 0 Å². The van der Waals surface area contributed by atoms with Crippen molar-refractivity contribution in [3.8, 4) is 0 Å². The van der Waals surface area contributed by atoms with Crippen LogP contribution in [-0.4, -0.2) is 4.37 Å². The van der Waals surface area contributed by atoms with E-state index in [1.54, 1.807) is 17.4 Å². The van der Waals surface area contributed by atoms with E-state index in [0.717, 1.165) is 17.1 Å². The minimum atomic E-state index is -0.370. The fraction of sp³-hybridized carbons (Fsp3) is 0. The lowest BCUT2D eigenvalue weighted by Gasteiger charge is -1.80. The molecule has 0 aliphatic rings. The van der Waals surface area contributed by atoms with Crippen molar-refractivity contribution in [3.63, 3.8) is 0 Å². The Morgan fingerprint density at radius 3 is 3.00 bits per heavy atom. The molecule has 0 unspecified atom stereocenters. The maximum absolute atomic E-state index is 10.6. The molecule has 0 fully saturated rings. The van der Waals surface area contributed by atoms with Crippen LogP contribution >= 0.6 is 22.9 Å². The van der Waals surface area contributed by atoms with Crippen molar-refractivity contribution in [3.05, 3.63) is 38.0 Å². The van der Waals surface area contributed by atoms with E-state index in [1.165, 1.54) is 0 Å². The van der Waals surface area contributed by atoms with Crippen LogP contribution in [0.5, 0.6) is 0 Å². The topological polar surface area (TPSA) is 43.1 Å². The number of nitrogens with zero attached hydrogens (tertiary/aromatic N) is 1. The van der Waals surface area contributed by atoms with Gasteiger partial charge in [0.1, 0.15) is 0 Å². The van der Waals surface area contributed by atoms with Gasteiger partial charge in [0.15, 0.2) is 0 Å². The second-order valence-electron chi connectivity index (χ2n) is 2.26. The molecule has 0 spiro atoms. The maximum Gasteiger partial charge on any atom is 0.414 e. The molecule has 0 aromatic carbocycles. The molecule has 0 saturated heterocycles. The van der Waals surface area contributed by atoms with Gasteiger partial charge in [-0.25, -0.2) is 4.79 Å². The quantitative estimate of drug-likeness (QED) is 0.765. The monoisotopic (exact) mass is 211 g/mol. The Morgan fingerprint density at radius 1 is 1.46 bits per heavy atom. The lowest BCUT2D eigenvalue weighted by Crippen LogP contribution is -1.80. The second-order valence-corrected chi connectivity index (χ2v) is 3.74. The third kappa shape index (κ3) is 2.13. The Labute approximate surface area is 82.1 Å². The Morgan fingerprint density at radius 2 is 2.38 bits per heavy atom. The first-order chi connectivity index (χ1) is 6.34. The predicted octanol–water partition coefficient (Wildman–Crippen LogP) is 2.33. The van der Waals surface area contributed by atoms with Crippen LogP contribution in [0.15, 0.2) is 26.0 Å². The zero-order chi connectivity index (χ0) is 9.10. The summed E-state index contributed by atoms with van der Waals surface area (Å²) in [6.45, 7) is 0. The molecule has 0 amide bonds. The van der Waals surface area contributed by atoms with Crippen LogP contribution < -0.4 is 4.94 Å². The molecule has 2 aromatic rings. The van der Waals surface area contributed by atoms with Crippen LogP contribution in [0.25, 0.3) is 12.2 Å². The van der Waals surface area contributed by atoms with Gasteiger partial charge in [-0.1, -0.05) is 0 Å². The van der Waals surface area contributed by atoms with Gasteiger partial charge in [0.25, 0.3) is 0 Å². The molecule has 3 nitrogen and oxygen atoms in total. The molecule has 0 N–H and O–H groups in total. The molecule has 0 aliphatic carbocycles. The Bertz CT molecular complexity index is 452. The average molecular weight is 211 g/mol. The van der Waals surface area contributed by atoms with Gasteiger partial charge in [-0.3, -0.25) is 0 Å². The second kappa shape index (κ2) is 3.68. The summed E-state index contributed by atoms with van der Waals surface area (Å²) in [4.78, 5) is 10.2. The molecular formula is C8H5NO2S2. The summed E-state index contributed by atoms with van der Waals surface area (Å²) in [6, 6.07) is 1.98. The van der Waals surface area contributed by atoms with Crippen LogP contribution in [-0.2, 0) is 0 Å². The van der Waals surface area contributed by atoms with E-state index in [1.807, 2.05) is 22.9 Å². The highest BCUT2D eigenvalue weighted by Crippen LogP contribution is 2.09. The molecule has 13 heavy (non-hydrogen) atoms. The molecule has 0 aliphatic heterocycles. The predicted molar refractivity (Wildman–Crippen MR) is 53.9 cm³/mol. The van der Waals surface area contributed by atoms with Crippen molar-refractivity contribution in [2.24, 2.45) is 0 Å². The van der Waals surface area contributed by atoms with Crippen LogP contribution in [0.3, 0.4) is 0 Å². The first-order valence-corrected chi connectivity index (χ1v) is 5.23. The van der Waals surface area contributed by atoms with Gasteiger partial charge < -0.3 is 4.42 Å². The van der Waals surface area contributed by atoms with Crippen molar-refractivity contribution < 1.29 is 4.42 Å². The zero-order valence-electron chi connectivity index (χ0n) is 6.47. The molecule has 0 bridgehead atoms. The summed E-state index contributed by atoms with van der Waals surface area (Å²) < 4.78 is 8.54. The highest BCUT2D eigenvalue weighted by atomic mass is 32.1. The van der Waals surface area contributed by atoms with Gasteiger partial charge in [0.05, 0.1) is 11.5 Å². The average Bonchev–Trinajstić information content (AvgIpc) is 2.71. The molecule has 2 rings (SSSR count). The van der Waals surface area contributed by atoms with E-state index in [9.17, 15) is 4.79 Å². The van der Waals surface area contributed by atoms with Crippen LogP contribution in [0.4, 0.5) is 0 Å². The van der Waals surface area contributed by atoms with E-state index in [-0.39, 0.29) is 4.94 Å². The largest absolute Gasteiger partial charge is 0.414 e. The third-order valence-corrected chi connectivity index (χ3v) is 2.56. The van der Waals surface area contributed by atoms with Crippen molar-refractivity contribution in [2.75, 3.05) is 0 Å². The van der Waals surface area contributed by atoms with E-state index in [4.69, 9.17) is 4.42 Å².